The van der Waals surface area contributed by atoms with Crippen molar-refractivity contribution in [3.05, 3.63) is 0 Å². The normalized spacial score (nSPS) is 32.8. The number of carbonyl (C=O) groups is 1. The molecule has 2 heterocycles. The lowest BCUT2D eigenvalue weighted by Gasteiger charge is -2.48. The van der Waals surface area contributed by atoms with Crippen molar-refractivity contribution in [2.24, 2.45) is 5.92 Å². The molecule has 4 heteroatoms. The molecule has 0 radical (unpaired) electrons. The van der Waals surface area contributed by atoms with Crippen molar-refractivity contribution in [3.8, 4) is 0 Å². The van der Waals surface area contributed by atoms with Crippen LogP contribution in [0.3, 0.4) is 0 Å². The van der Waals surface area contributed by atoms with Crippen LogP contribution in [0.5, 0.6) is 0 Å². The molecule has 0 bridgehead atoms. The Bertz CT molecular complexity index is 301. The van der Waals surface area contributed by atoms with Gasteiger partial charge in [0.1, 0.15) is 5.60 Å². The minimum absolute atomic E-state index is 0.00116. The van der Waals surface area contributed by atoms with Crippen molar-refractivity contribution >= 4 is 5.91 Å². The molecule has 2 saturated heterocycles. The first-order chi connectivity index (χ1) is 8.19. The Labute approximate surface area is 102 Å². The van der Waals surface area contributed by atoms with Crippen molar-refractivity contribution in [2.45, 2.75) is 50.2 Å². The maximum atomic E-state index is 12.2. The topological polar surface area (TPSA) is 52.6 Å². The van der Waals surface area contributed by atoms with Crippen LogP contribution >= 0.6 is 0 Å². The molecule has 0 spiro atoms. The van der Waals surface area contributed by atoms with Crippen LogP contribution in [0.2, 0.25) is 0 Å². The molecule has 0 aromatic heterocycles. The van der Waals surface area contributed by atoms with Crippen LogP contribution in [0, 0.1) is 5.92 Å². The van der Waals surface area contributed by atoms with E-state index >= 15 is 0 Å². The van der Waals surface area contributed by atoms with Gasteiger partial charge in [0.15, 0.2) is 0 Å². The van der Waals surface area contributed by atoms with E-state index in [0.717, 1.165) is 32.2 Å². The zero-order valence-electron chi connectivity index (χ0n) is 10.3. The summed E-state index contributed by atoms with van der Waals surface area (Å²) in [4.78, 5) is 14.1. The Hall–Kier alpha value is -0.610. The summed E-state index contributed by atoms with van der Waals surface area (Å²) in [6.07, 6.45) is 6.78. The Morgan fingerprint density at radius 3 is 2.65 bits per heavy atom. The molecule has 4 nitrogen and oxygen atoms in total. The highest BCUT2D eigenvalue weighted by atomic mass is 16.3. The average molecular weight is 238 g/mol. The zero-order chi connectivity index (χ0) is 11.9. The van der Waals surface area contributed by atoms with Crippen LogP contribution in [0.15, 0.2) is 0 Å². The number of amides is 1. The molecule has 3 aliphatic rings. The van der Waals surface area contributed by atoms with E-state index in [4.69, 9.17) is 0 Å². The summed E-state index contributed by atoms with van der Waals surface area (Å²) in [6, 6.07) is 0.00116. The van der Waals surface area contributed by atoms with E-state index in [1.807, 2.05) is 4.90 Å². The Kier molecular flexibility index (Phi) is 2.87. The number of carbonyl (C=O) groups excluding carboxylic acids is 1. The third kappa shape index (κ3) is 2.20. The second kappa shape index (κ2) is 4.25. The Morgan fingerprint density at radius 2 is 1.94 bits per heavy atom. The number of hydrogen-bond donors (Lipinski definition) is 2. The first-order valence-corrected chi connectivity index (χ1v) is 6.94. The fourth-order valence-corrected chi connectivity index (χ4v) is 3.11. The third-order valence-corrected chi connectivity index (χ3v) is 4.44. The van der Waals surface area contributed by atoms with Crippen LogP contribution in [0.1, 0.15) is 38.5 Å². The fraction of sp³-hybridized carbons (Fsp3) is 0.923. The third-order valence-electron chi connectivity index (χ3n) is 4.44. The predicted octanol–water partition coefficient (Wildman–Crippen LogP) is 0.502. The average Bonchev–Trinajstić information content (AvgIpc) is 3.09. The number of nitrogens with one attached hydrogen (secondary N) is 1. The van der Waals surface area contributed by atoms with Crippen molar-refractivity contribution < 1.29 is 9.90 Å². The SMILES string of the molecule is O=C(C1CCCCCN1)N1CC(O)(C2CC2)C1. The fourth-order valence-electron chi connectivity index (χ4n) is 3.11. The van der Waals surface area contributed by atoms with Gasteiger partial charge in [0.05, 0.1) is 19.1 Å². The number of likely N-dealkylation sites (tertiary alicyclic amines) is 1. The van der Waals surface area contributed by atoms with E-state index in [2.05, 4.69) is 5.32 Å². The number of nitrogens with zero attached hydrogens (tertiary/aromatic N) is 1. The quantitative estimate of drug-likeness (QED) is 0.736. The maximum absolute atomic E-state index is 12.2. The molecule has 1 saturated carbocycles. The Morgan fingerprint density at radius 1 is 1.18 bits per heavy atom. The van der Waals surface area contributed by atoms with Gasteiger partial charge in [-0.2, -0.15) is 0 Å². The monoisotopic (exact) mass is 238 g/mol. The number of hydrogen-bond acceptors (Lipinski definition) is 3. The molecule has 2 aliphatic heterocycles. The van der Waals surface area contributed by atoms with Gasteiger partial charge in [-0.15, -0.1) is 0 Å². The van der Waals surface area contributed by atoms with E-state index in [9.17, 15) is 9.90 Å². The number of rotatable bonds is 2. The molecule has 0 aromatic rings. The smallest absolute Gasteiger partial charge is 0.239 e. The first-order valence-electron chi connectivity index (χ1n) is 6.94. The van der Waals surface area contributed by atoms with Crippen molar-refractivity contribution in [2.75, 3.05) is 19.6 Å². The second-order valence-corrected chi connectivity index (χ2v) is 5.93. The highest BCUT2D eigenvalue weighted by molar-refractivity contribution is 5.83. The lowest BCUT2D eigenvalue weighted by molar-refractivity contribution is -0.161. The van der Waals surface area contributed by atoms with E-state index < -0.39 is 5.60 Å². The van der Waals surface area contributed by atoms with Gasteiger partial charge in [-0.1, -0.05) is 12.8 Å². The minimum atomic E-state index is -0.541. The zero-order valence-corrected chi connectivity index (χ0v) is 10.3. The van der Waals surface area contributed by atoms with Crippen molar-refractivity contribution in [3.63, 3.8) is 0 Å². The van der Waals surface area contributed by atoms with Crippen LogP contribution < -0.4 is 5.32 Å². The minimum Gasteiger partial charge on any atom is -0.386 e. The van der Waals surface area contributed by atoms with E-state index in [-0.39, 0.29) is 11.9 Å². The molecular formula is C13H22N2O2. The summed E-state index contributed by atoms with van der Waals surface area (Å²) in [6.45, 7) is 2.08. The van der Waals surface area contributed by atoms with Crippen LogP contribution in [-0.2, 0) is 4.79 Å². The van der Waals surface area contributed by atoms with Crippen LogP contribution in [-0.4, -0.2) is 47.2 Å². The lowest BCUT2D eigenvalue weighted by Crippen LogP contribution is -2.67. The summed E-state index contributed by atoms with van der Waals surface area (Å²) < 4.78 is 0. The first kappa shape index (κ1) is 11.5. The van der Waals surface area contributed by atoms with Gasteiger partial charge < -0.3 is 15.3 Å². The van der Waals surface area contributed by atoms with Gasteiger partial charge in [-0.3, -0.25) is 4.79 Å². The molecule has 17 heavy (non-hydrogen) atoms. The Balaban J connectivity index is 1.53. The van der Waals surface area contributed by atoms with Gasteiger partial charge in [0, 0.05) is 0 Å². The summed E-state index contributed by atoms with van der Waals surface area (Å²) >= 11 is 0. The molecular weight excluding hydrogens is 216 g/mol. The molecule has 1 unspecified atom stereocenters. The van der Waals surface area contributed by atoms with Gasteiger partial charge in [-0.25, -0.2) is 0 Å². The molecule has 2 N–H and O–H groups in total. The highest BCUT2D eigenvalue weighted by Gasteiger charge is 2.53. The van der Waals surface area contributed by atoms with E-state index in [1.54, 1.807) is 0 Å². The largest absolute Gasteiger partial charge is 0.386 e. The van der Waals surface area contributed by atoms with Gasteiger partial charge in [0.2, 0.25) is 5.91 Å². The van der Waals surface area contributed by atoms with Gasteiger partial charge >= 0.3 is 0 Å². The highest BCUT2D eigenvalue weighted by Crippen LogP contribution is 2.44. The molecule has 1 aliphatic carbocycles. The van der Waals surface area contributed by atoms with Gasteiger partial charge in [-0.05, 0) is 38.1 Å². The van der Waals surface area contributed by atoms with Crippen molar-refractivity contribution in [1.29, 1.82) is 0 Å². The summed E-state index contributed by atoms with van der Waals surface area (Å²) in [5.41, 5.74) is -0.541. The standard InChI is InChI=1S/C13H22N2O2/c16-12(11-4-2-1-3-7-14-11)15-8-13(17,9-15)10-5-6-10/h10-11,14,17H,1-9H2. The van der Waals surface area contributed by atoms with Crippen LogP contribution in [0.4, 0.5) is 0 Å². The molecule has 3 rings (SSSR count). The summed E-state index contributed by atoms with van der Waals surface area (Å²) in [5.74, 6) is 0.672. The maximum Gasteiger partial charge on any atom is 0.239 e. The lowest BCUT2D eigenvalue weighted by atomic mass is 9.88. The van der Waals surface area contributed by atoms with E-state index in [1.165, 1.54) is 12.8 Å². The summed E-state index contributed by atoms with van der Waals surface area (Å²) in [5, 5.41) is 13.5. The number of β-amino-alcohol motifs (C(OH)–C–C–N with tert-alkyl or cyclic N) is 1. The molecule has 1 amide bonds. The number of aliphatic hydroxyl groups is 1. The predicted molar refractivity (Wildman–Crippen MR) is 64.5 cm³/mol. The summed E-state index contributed by atoms with van der Waals surface area (Å²) in [7, 11) is 0. The van der Waals surface area contributed by atoms with Crippen LogP contribution in [0.25, 0.3) is 0 Å². The van der Waals surface area contributed by atoms with E-state index in [0.29, 0.717) is 19.0 Å². The molecule has 96 valence electrons. The second-order valence-electron chi connectivity index (χ2n) is 5.93. The molecule has 0 aromatic carbocycles. The van der Waals surface area contributed by atoms with Crippen molar-refractivity contribution in [1.82, 2.24) is 10.2 Å². The van der Waals surface area contributed by atoms with Gasteiger partial charge in [0.25, 0.3) is 0 Å². The molecule has 1 atom stereocenters. The molecule has 3 fully saturated rings.